The standard InChI is InChI=1S/C16H23NO2/c1-16(2)8-13-5-11(3-4-15(13)19-16)9-17-10-12-6-14(18)7-12/h3-5,12,14,17-18H,6-10H2,1-2H3. The minimum atomic E-state index is -0.0591. The molecule has 1 aromatic rings. The van der Waals surface area contributed by atoms with E-state index in [2.05, 4.69) is 37.4 Å². The second kappa shape index (κ2) is 4.80. The second-order valence-corrected chi connectivity index (χ2v) is 6.60. The van der Waals surface area contributed by atoms with Gasteiger partial charge in [0.05, 0.1) is 6.10 Å². The van der Waals surface area contributed by atoms with Gasteiger partial charge in [-0.05, 0) is 56.3 Å². The number of benzene rings is 1. The van der Waals surface area contributed by atoms with Crippen molar-refractivity contribution in [1.82, 2.24) is 5.32 Å². The second-order valence-electron chi connectivity index (χ2n) is 6.60. The van der Waals surface area contributed by atoms with Crippen molar-refractivity contribution in [3.63, 3.8) is 0 Å². The predicted octanol–water partition coefficient (Wildman–Crippen LogP) is 2.26. The molecule has 0 atom stereocenters. The summed E-state index contributed by atoms with van der Waals surface area (Å²) in [6, 6.07) is 6.49. The van der Waals surface area contributed by atoms with Crippen LogP contribution in [0.3, 0.4) is 0 Å². The smallest absolute Gasteiger partial charge is 0.123 e. The van der Waals surface area contributed by atoms with Gasteiger partial charge in [0, 0.05) is 13.0 Å². The molecule has 2 aliphatic rings. The molecule has 3 rings (SSSR count). The van der Waals surface area contributed by atoms with Crippen molar-refractivity contribution >= 4 is 0 Å². The topological polar surface area (TPSA) is 41.5 Å². The fraction of sp³-hybridized carbons (Fsp3) is 0.625. The maximum Gasteiger partial charge on any atom is 0.123 e. The average Bonchev–Trinajstić information content (AvgIpc) is 2.59. The summed E-state index contributed by atoms with van der Waals surface area (Å²) in [5, 5.41) is 12.7. The number of aliphatic hydroxyl groups excluding tert-OH is 1. The Balaban J connectivity index is 1.52. The highest BCUT2D eigenvalue weighted by Crippen LogP contribution is 2.35. The molecule has 0 amide bonds. The number of aliphatic hydroxyl groups is 1. The van der Waals surface area contributed by atoms with Crippen LogP contribution in [-0.4, -0.2) is 23.4 Å². The van der Waals surface area contributed by atoms with Crippen molar-refractivity contribution in [3.05, 3.63) is 29.3 Å². The number of ether oxygens (including phenoxy) is 1. The lowest BCUT2D eigenvalue weighted by Crippen LogP contribution is -2.35. The van der Waals surface area contributed by atoms with Gasteiger partial charge in [-0.2, -0.15) is 0 Å². The number of fused-ring (bicyclic) bond motifs is 1. The fourth-order valence-corrected chi connectivity index (χ4v) is 3.06. The molecular weight excluding hydrogens is 238 g/mol. The van der Waals surface area contributed by atoms with Crippen LogP contribution in [0, 0.1) is 5.92 Å². The number of rotatable bonds is 4. The molecule has 2 N–H and O–H groups in total. The quantitative estimate of drug-likeness (QED) is 0.873. The largest absolute Gasteiger partial charge is 0.487 e. The summed E-state index contributed by atoms with van der Waals surface area (Å²) in [7, 11) is 0. The molecule has 104 valence electrons. The van der Waals surface area contributed by atoms with Crippen molar-refractivity contribution in [2.45, 2.75) is 51.4 Å². The predicted molar refractivity (Wildman–Crippen MR) is 75.3 cm³/mol. The summed E-state index contributed by atoms with van der Waals surface area (Å²) >= 11 is 0. The fourth-order valence-electron chi connectivity index (χ4n) is 3.06. The molecule has 1 aliphatic heterocycles. The lowest BCUT2D eigenvalue weighted by Gasteiger charge is -2.31. The van der Waals surface area contributed by atoms with Crippen LogP contribution in [-0.2, 0) is 13.0 Å². The summed E-state index contributed by atoms with van der Waals surface area (Å²) in [6.45, 7) is 6.18. The zero-order chi connectivity index (χ0) is 13.5. The van der Waals surface area contributed by atoms with E-state index in [1.807, 2.05) is 0 Å². The van der Waals surface area contributed by atoms with Crippen LogP contribution >= 0.6 is 0 Å². The van der Waals surface area contributed by atoms with Gasteiger partial charge in [-0.25, -0.2) is 0 Å². The van der Waals surface area contributed by atoms with Crippen LogP contribution in [0.2, 0.25) is 0 Å². The van der Waals surface area contributed by atoms with Crippen LogP contribution in [0.15, 0.2) is 18.2 Å². The van der Waals surface area contributed by atoms with Crippen molar-refractivity contribution < 1.29 is 9.84 Å². The van der Waals surface area contributed by atoms with E-state index in [9.17, 15) is 5.11 Å². The molecule has 0 spiro atoms. The summed E-state index contributed by atoms with van der Waals surface area (Å²) in [5.41, 5.74) is 2.58. The van der Waals surface area contributed by atoms with E-state index in [0.29, 0.717) is 5.92 Å². The minimum absolute atomic E-state index is 0.0498. The van der Waals surface area contributed by atoms with Crippen LogP contribution in [0.25, 0.3) is 0 Å². The Morgan fingerprint density at radius 3 is 2.89 bits per heavy atom. The Hall–Kier alpha value is -1.06. The van der Waals surface area contributed by atoms with E-state index in [1.165, 1.54) is 11.1 Å². The molecule has 0 unspecified atom stereocenters. The Labute approximate surface area is 115 Å². The highest BCUT2D eigenvalue weighted by molar-refractivity contribution is 5.41. The maximum absolute atomic E-state index is 9.25. The third kappa shape index (κ3) is 2.93. The molecule has 1 fully saturated rings. The molecule has 3 heteroatoms. The first kappa shape index (κ1) is 12.9. The molecule has 3 nitrogen and oxygen atoms in total. The highest BCUT2D eigenvalue weighted by Gasteiger charge is 2.30. The van der Waals surface area contributed by atoms with Gasteiger partial charge in [-0.1, -0.05) is 12.1 Å². The van der Waals surface area contributed by atoms with Gasteiger partial charge in [0.1, 0.15) is 11.4 Å². The average molecular weight is 261 g/mol. The van der Waals surface area contributed by atoms with Crippen LogP contribution < -0.4 is 10.1 Å². The minimum Gasteiger partial charge on any atom is -0.487 e. The van der Waals surface area contributed by atoms with Gasteiger partial charge in [0.25, 0.3) is 0 Å². The van der Waals surface area contributed by atoms with Crippen LogP contribution in [0.4, 0.5) is 0 Å². The van der Waals surface area contributed by atoms with Crippen molar-refractivity contribution in [3.8, 4) is 5.75 Å². The highest BCUT2D eigenvalue weighted by atomic mass is 16.5. The molecule has 0 aromatic heterocycles. The molecule has 19 heavy (non-hydrogen) atoms. The molecule has 1 heterocycles. The lowest BCUT2D eigenvalue weighted by molar-refractivity contribution is 0.0430. The Morgan fingerprint density at radius 2 is 2.16 bits per heavy atom. The molecule has 0 radical (unpaired) electrons. The van der Waals surface area contributed by atoms with Gasteiger partial charge < -0.3 is 15.2 Å². The first-order valence-corrected chi connectivity index (χ1v) is 7.21. The molecule has 0 saturated heterocycles. The normalized spacial score (nSPS) is 27.5. The van der Waals surface area contributed by atoms with E-state index in [0.717, 1.165) is 38.1 Å². The first-order valence-electron chi connectivity index (χ1n) is 7.21. The first-order chi connectivity index (χ1) is 9.02. The summed E-state index contributed by atoms with van der Waals surface area (Å²) in [4.78, 5) is 0. The monoisotopic (exact) mass is 261 g/mol. The lowest BCUT2D eigenvalue weighted by atomic mass is 9.82. The summed E-state index contributed by atoms with van der Waals surface area (Å²) in [5.74, 6) is 1.70. The van der Waals surface area contributed by atoms with E-state index < -0.39 is 0 Å². The van der Waals surface area contributed by atoms with Crippen molar-refractivity contribution in [1.29, 1.82) is 0 Å². The van der Waals surface area contributed by atoms with Gasteiger partial charge in [0.2, 0.25) is 0 Å². The van der Waals surface area contributed by atoms with Gasteiger partial charge in [-0.15, -0.1) is 0 Å². The Morgan fingerprint density at radius 1 is 1.37 bits per heavy atom. The molecule has 1 aromatic carbocycles. The zero-order valence-electron chi connectivity index (χ0n) is 11.8. The number of hydrogen-bond donors (Lipinski definition) is 2. The summed E-state index contributed by atoms with van der Waals surface area (Å²) in [6.07, 6.45) is 2.86. The van der Waals surface area contributed by atoms with Crippen LogP contribution in [0.5, 0.6) is 5.75 Å². The van der Waals surface area contributed by atoms with E-state index in [4.69, 9.17) is 4.74 Å². The molecule has 1 aliphatic carbocycles. The van der Waals surface area contributed by atoms with Gasteiger partial charge in [0.15, 0.2) is 0 Å². The maximum atomic E-state index is 9.25. The summed E-state index contributed by atoms with van der Waals surface area (Å²) < 4.78 is 5.88. The van der Waals surface area contributed by atoms with Crippen molar-refractivity contribution in [2.75, 3.05) is 6.54 Å². The van der Waals surface area contributed by atoms with E-state index in [-0.39, 0.29) is 11.7 Å². The third-order valence-electron chi connectivity index (χ3n) is 4.10. The Bertz CT molecular complexity index is 464. The number of nitrogens with one attached hydrogen (secondary N) is 1. The Kier molecular flexibility index (Phi) is 3.27. The third-order valence-corrected chi connectivity index (χ3v) is 4.10. The van der Waals surface area contributed by atoms with E-state index in [1.54, 1.807) is 0 Å². The molecule has 0 bridgehead atoms. The van der Waals surface area contributed by atoms with Gasteiger partial charge in [-0.3, -0.25) is 0 Å². The molecule has 1 saturated carbocycles. The van der Waals surface area contributed by atoms with Crippen LogP contribution in [0.1, 0.15) is 37.8 Å². The van der Waals surface area contributed by atoms with Gasteiger partial charge >= 0.3 is 0 Å². The molecular formula is C16H23NO2. The van der Waals surface area contributed by atoms with E-state index >= 15 is 0 Å². The van der Waals surface area contributed by atoms with Crippen molar-refractivity contribution in [2.24, 2.45) is 5.92 Å². The number of hydrogen-bond acceptors (Lipinski definition) is 3. The SMILES string of the molecule is CC1(C)Cc2cc(CNCC3CC(O)C3)ccc2O1. The zero-order valence-corrected chi connectivity index (χ0v) is 11.8.